The summed E-state index contributed by atoms with van der Waals surface area (Å²) in [4.78, 5) is 24.0. The molecule has 0 fully saturated rings. The van der Waals surface area contributed by atoms with Crippen molar-refractivity contribution in [2.24, 2.45) is 0 Å². The van der Waals surface area contributed by atoms with Crippen molar-refractivity contribution in [3.63, 3.8) is 0 Å². The Kier molecular flexibility index (Phi) is 3.74. The van der Waals surface area contributed by atoms with Crippen LogP contribution < -0.4 is 0 Å². The van der Waals surface area contributed by atoms with Crippen molar-refractivity contribution in [3.05, 3.63) is 59.9 Å². The first-order valence-corrected chi connectivity index (χ1v) is 7.61. The van der Waals surface area contributed by atoms with E-state index in [1.165, 1.54) is 0 Å². The molecule has 0 aliphatic rings. The number of benzene rings is 2. The monoisotopic (exact) mass is 336 g/mol. The molecule has 25 heavy (non-hydrogen) atoms. The maximum atomic E-state index is 12.0. The Bertz CT molecular complexity index is 993. The molecule has 4 aromatic rings. The van der Waals surface area contributed by atoms with Crippen LogP contribution in [0.25, 0.3) is 21.9 Å². The van der Waals surface area contributed by atoms with Gasteiger partial charge in [-0.2, -0.15) is 0 Å². The second-order valence-electron chi connectivity index (χ2n) is 5.45. The van der Waals surface area contributed by atoms with E-state index in [1.807, 2.05) is 12.1 Å². The molecule has 0 amide bonds. The minimum Gasteiger partial charge on any atom is -0.393 e. The van der Waals surface area contributed by atoms with Gasteiger partial charge in [-0.05, 0) is 24.3 Å². The first-order valence-electron chi connectivity index (χ1n) is 7.61. The predicted octanol–water partition coefficient (Wildman–Crippen LogP) is 2.82. The number of ether oxygens (including phenoxy) is 1. The molecule has 0 radical (unpaired) electrons. The number of carbonyl (C=O) groups excluding carboxylic acids is 2. The fourth-order valence-electron chi connectivity index (χ4n) is 2.60. The molecule has 124 valence electrons. The Balaban J connectivity index is 1.43. The summed E-state index contributed by atoms with van der Waals surface area (Å²) in [7, 11) is 0. The van der Waals surface area contributed by atoms with E-state index in [-0.39, 0.29) is 12.8 Å². The predicted molar refractivity (Wildman–Crippen MR) is 86.5 cm³/mol. The van der Waals surface area contributed by atoms with Gasteiger partial charge < -0.3 is 13.8 Å². The summed E-state index contributed by atoms with van der Waals surface area (Å²) in [5, 5.41) is 9.12. The highest BCUT2D eigenvalue weighted by Crippen LogP contribution is 2.20. The minimum absolute atomic E-state index is 0.150. The van der Waals surface area contributed by atoms with Crippen LogP contribution in [0.1, 0.15) is 11.4 Å². The van der Waals surface area contributed by atoms with Gasteiger partial charge in [0.15, 0.2) is 11.2 Å². The number of para-hydroxylation sites is 2. The highest BCUT2D eigenvalue weighted by atomic mass is 16.6. The van der Waals surface area contributed by atoms with Crippen LogP contribution in [-0.4, -0.2) is 22.3 Å². The molecular formula is C18H12N2O5. The van der Waals surface area contributed by atoms with Crippen LogP contribution in [0.15, 0.2) is 57.6 Å². The summed E-state index contributed by atoms with van der Waals surface area (Å²) in [6.07, 6.45) is -0.301. The Labute approximate surface area is 141 Å². The van der Waals surface area contributed by atoms with Crippen LogP contribution in [0.3, 0.4) is 0 Å². The lowest BCUT2D eigenvalue weighted by Gasteiger charge is -2.00. The lowest BCUT2D eigenvalue weighted by molar-refractivity contribution is -0.158. The molecule has 7 nitrogen and oxygen atoms in total. The Morgan fingerprint density at radius 1 is 0.760 bits per heavy atom. The molecule has 0 aliphatic carbocycles. The largest absolute Gasteiger partial charge is 0.393 e. The first-order chi connectivity index (χ1) is 12.2. The minimum atomic E-state index is -0.697. The Hall–Kier alpha value is -3.48. The van der Waals surface area contributed by atoms with Crippen LogP contribution in [0.2, 0.25) is 0 Å². The lowest BCUT2D eigenvalue weighted by atomic mass is 10.1. The molecular weight excluding hydrogens is 324 g/mol. The fraction of sp³-hybridized carbons (Fsp3) is 0.111. The number of carbonyl (C=O) groups is 2. The van der Waals surface area contributed by atoms with Gasteiger partial charge in [0.2, 0.25) is 0 Å². The van der Waals surface area contributed by atoms with Gasteiger partial charge in [-0.3, -0.25) is 9.59 Å². The average Bonchev–Trinajstić information content (AvgIpc) is 3.20. The molecule has 2 heterocycles. The molecule has 0 N–H and O–H groups in total. The van der Waals surface area contributed by atoms with Gasteiger partial charge in [0.25, 0.3) is 0 Å². The Morgan fingerprint density at radius 2 is 1.20 bits per heavy atom. The maximum Gasteiger partial charge on any atom is 0.319 e. The molecule has 4 rings (SSSR count). The topological polar surface area (TPSA) is 95.4 Å². The third-order valence-corrected chi connectivity index (χ3v) is 3.76. The quantitative estimate of drug-likeness (QED) is 0.417. The van der Waals surface area contributed by atoms with E-state index in [2.05, 4.69) is 10.3 Å². The normalized spacial score (nSPS) is 11.0. The van der Waals surface area contributed by atoms with Gasteiger partial charge in [0.05, 0.1) is 12.8 Å². The summed E-state index contributed by atoms with van der Waals surface area (Å²) in [5.74, 6) is -1.39. The zero-order valence-electron chi connectivity index (χ0n) is 13.0. The van der Waals surface area contributed by atoms with E-state index in [1.54, 1.807) is 36.4 Å². The second kappa shape index (κ2) is 6.20. The molecule has 0 aliphatic heterocycles. The smallest absolute Gasteiger partial charge is 0.319 e. The van der Waals surface area contributed by atoms with Crippen LogP contribution in [0, 0.1) is 0 Å². The van der Waals surface area contributed by atoms with Gasteiger partial charge in [-0.25, -0.2) is 0 Å². The number of hydrogen-bond donors (Lipinski definition) is 0. The Morgan fingerprint density at radius 3 is 1.68 bits per heavy atom. The number of hydrogen-bond acceptors (Lipinski definition) is 7. The second-order valence-corrected chi connectivity index (χ2v) is 5.45. The van der Waals surface area contributed by atoms with Crippen molar-refractivity contribution < 1.29 is 23.4 Å². The van der Waals surface area contributed by atoms with Crippen molar-refractivity contribution in [1.82, 2.24) is 10.3 Å². The average molecular weight is 336 g/mol. The standard InChI is InChI=1S/C18H12N2O5/c21-17(9-13-11-5-1-3-7-15(11)24-19-13)23-18(22)10-14-12-6-2-4-8-16(12)25-20-14/h1-8H,9-10H2. The summed E-state index contributed by atoms with van der Waals surface area (Å²) in [6.45, 7) is 0. The number of rotatable bonds is 4. The molecule has 0 saturated carbocycles. The van der Waals surface area contributed by atoms with Crippen molar-refractivity contribution >= 4 is 33.9 Å². The van der Waals surface area contributed by atoms with Gasteiger partial charge in [-0.1, -0.05) is 34.6 Å². The molecule has 0 saturated heterocycles. The highest BCUT2D eigenvalue weighted by molar-refractivity contribution is 5.91. The van der Waals surface area contributed by atoms with Crippen LogP contribution in [-0.2, 0) is 27.2 Å². The van der Waals surface area contributed by atoms with Gasteiger partial charge in [0.1, 0.15) is 11.4 Å². The summed E-state index contributed by atoms with van der Waals surface area (Å²) >= 11 is 0. The molecule has 0 bridgehead atoms. The van der Waals surface area contributed by atoms with Crippen molar-refractivity contribution in [3.8, 4) is 0 Å². The molecule has 0 unspecified atom stereocenters. The van der Waals surface area contributed by atoms with Crippen LogP contribution in [0.4, 0.5) is 0 Å². The van der Waals surface area contributed by atoms with Crippen molar-refractivity contribution in [1.29, 1.82) is 0 Å². The van der Waals surface area contributed by atoms with Gasteiger partial charge in [0, 0.05) is 10.8 Å². The third kappa shape index (κ3) is 2.99. The van der Waals surface area contributed by atoms with Gasteiger partial charge >= 0.3 is 11.9 Å². The summed E-state index contributed by atoms with van der Waals surface area (Å²) < 4.78 is 15.1. The molecule has 0 spiro atoms. The van der Waals surface area contributed by atoms with Gasteiger partial charge in [-0.15, -0.1) is 0 Å². The van der Waals surface area contributed by atoms with Crippen molar-refractivity contribution in [2.45, 2.75) is 12.8 Å². The number of fused-ring (bicyclic) bond motifs is 2. The molecule has 2 aromatic heterocycles. The lowest BCUT2D eigenvalue weighted by Crippen LogP contribution is -2.16. The van der Waals surface area contributed by atoms with E-state index >= 15 is 0 Å². The van der Waals surface area contributed by atoms with E-state index in [0.29, 0.717) is 22.6 Å². The third-order valence-electron chi connectivity index (χ3n) is 3.76. The zero-order valence-corrected chi connectivity index (χ0v) is 13.0. The molecule has 0 atom stereocenters. The van der Waals surface area contributed by atoms with Crippen molar-refractivity contribution in [2.75, 3.05) is 0 Å². The van der Waals surface area contributed by atoms with E-state index < -0.39 is 11.9 Å². The number of aromatic nitrogens is 2. The maximum absolute atomic E-state index is 12.0. The highest BCUT2D eigenvalue weighted by Gasteiger charge is 2.18. The van der Waals surface area contributed by atoms with E-state index in [0.717, 1.165) is 10.8 Å². The SMILES string of the molecule is O=C(Cc1noc2ccccc12)OC(=O)Cc1noc2ccccc12. The van der Waals surface area contributed by atoms with E-state index in [9.17, 15) is 9.59 Å². The molecule has 7 heteroatoms. The van der Waals surface area contributed by atoms with E-state index in [4.69, 9.17) is 13.8 Å². The van der Waals surface area contributed by atoms with Crippen LogP contribution in [0.5, 0.6) is 0 Å². The number of nitrogens with zero attached hydrogens (tertiary/aromatic N) is 2. The summed E-state index contributed by atoms with van der Waals surface area (Å²) in [6, 6.07) is 14.3. The van der Waals surface area contributed by atoms with Crippen LogP contribution >= 0.6 is 0 Å². The number of esters is 2. The summed E-state index contributed by atoms with van der Waals surface area (Å²) in [5.41, 5.74) is 2.01. The molecule has 2 aromatic carbocycles. The first kappa shape index (κ1) is 15.1. The zero-order chi connectivity index (χ0) is 17.2. The fourth-order valence-corrected chi connectivity index (χ4v) is 2.60.